The van der Waals surface area contributed by atoms with Crippen LogP contribution in [0, 0.1) is 12.8 Å². The van der Waals surface area contributed by atoms with Gasteiger partial charge in [0.1, 0.15) is 6.61 Å². The molecular weight excluding hydrogens is 288 g/mol. The summed E-state index contributed by atoms with van der Waals surface area (Å²) in [5, 5.41) is 0. The molecule has 22 heavy (non-hydrogen) atoms. The molecule has 0 aliphatic rings. The summed E-state index contributed by atoms with van der Waals surface area (Å²) in [6, 6.07) is 7.51. The molecular formula is C16H20O6. The fraction of sp³-hybridized carbons (Fsp3) is 0.438. The first-order chi connectivity index (χ1) is 10.5. The molecule has 1 aromatic rings. The fourth-order valence-corrected chi connectivity index (χ4v) is 1.88. The maximum atomic E-state index is 12.1. The molecule has 0 unspecified atom stereocenters. The van der Waals surface area contributed by atoms with Crippen molar-refractivity contribution >= 4 is 17.9 Å². The largest absolute Gasteiger partial charge is 0.469 e. The van der Waals surface area contributed by atoms with Crippen LogP contribution in [-0.4, -0.2) is 32.1 Å². The standard InChI is InChI=1S/C16H20O6/c1-11-5-4-6-12(7-11)10-22-16(19)13(8-14(17)20-2)9-15(18)21-3/h4-7,13H,8-10H2,1-3H3. The predicted octanol–water partition coefficient (Wildman–Crippen LogP) is 1.78. The molecule has 0 aliphatic heterocycles. The van der Waals surface area contributed by atoms with Gasteiger partial charge >= 0.3 is 17.9 Å². The summed E-state index contributed by atoms with van der Waals surface area (Å²) in [5.41, 5.74) is 1.89. The zero-order valence-electron chi connectivity index (χ0n) is 13.0. The number of carbonyl (C=O) groups is 3. The van der Waals surface area contributed by atoms with Gasteiger partial charge in [-0.3, -0.25) is 14.4 Å². The number of aryl methyl sites for hydroxylation is 1. The summed E-state index contributed by atoms with van der Waals surface area (Å²) < 4.78 is 14.2. The Kier molecular flexibility index (Phi) is 7.08. The zero-order chi connectivity index (χ0) is 16.5. The van der Waals surface area contributed by atoms with Crippen LogP contribution in [0.15, 0.2) is 24.3 Å². The van der Waals surface area contributed by atoms with Crippen LogP contribution in [-0.2, 0) is 35.2 Å². The van der Waals surface area contributed by atoms with Crippen molar-refractivity contribution in [2.45, 2.75) is 26.4 Å². The monoisotopic (exact) mass is 308 g/mol. The lowest BCUT2D eigenvalue weighted by Gasteiger charge is -2.14. The fourth-order valence-electron chi connectivity index (χ4n) is 1.88. The molecule has 1 aromatic carbocycles. The van der Waals surface area contributed by atoms with Crippen LogP contribution in [0.2, 0.25) is 0 Å². The molecule has 0 amide bonds. The van der Waals surface area contributed by atoms with Gasteiger partial charge in [-0.25, -0.2) is 0 Å². The van der Waals surface area contributed by atoms with E-state index in [1.807, 2.05) is 31.2 Å². The van der Waals surface area contributed by atoms with E-state index in [1.54, 1.807) is 0 Å². The molecule has 120 valence electrons. The van der Waals surface area contributed by atoms with E-state index >= 15 is 0 Å². The first-order valence-electron chi connectivity index (χ1n) is 6.82. The zero-order valence-corrected chi connectivity index (χ0v) is 13.0. The highest BCUT2D eigenvalue weighted by molar-refractivity contribution is 5.84. The lowest BCUT2D eigenvalue weighted by molar-refractivity contribution is -0.158. The summed E-state index contributed by atoms with van der Waals surface area (Å²) in [4.78, 5) is 34.7. The minimum atomic E-state index is -0.912. The molecule has 0 saturated heterocycles. The van der Waals surface area contributed by atoms with E-state index in [1.165, 1.54) is 14.2 Å². The molecule has 0 aliphatic carbocycles. The van der Waals surface area contributed by atoms with Crippen LogP contribution < -0.4 is 0 Å². The van der Waals surface area contributed by atoms with Crippen LogP contribution in [0.3, 0.4) is 0 Å². The summed E-state index contributed by atoms with van der Waals surface area (Å²) in [7, 11) is 2.44. The molecule has 0 bridgehead atoms. The highest BCUT2D eigenvalue weighted by Gasteiger charge is 2.27. The van der Waals surface area contributed by atoms with Crippen molar-refractivity contribution in [2.24, 2.45) is 5.92 Å². The second kappa shape index (κ2) is 8.81. The average molecular weight is 308 g/mol. The minimum Gasteiger partial charge on any atom is -0.469 e. The van der Waals surface area contributed by atoms with Gasteiger partial charge in [-0.15, -0.1) is 0 Å². The van der Waals surface area contributed by atoms with Crippen molar-refractivity contribution in [3.05, 3.63) is 35.4 Å². The predicted molar refractivity (Wildman–Crippen MR) is 77.7 cm³/mol. The molecule has 0 N–H and O–H groups in total. The molecule has 0 radical (unpaired) electrons. The molecule has 1 rings (SSSR count). The van der Waals surface area contributed by atoms with Crippen molar-refractivity contribution in [1.29, 1.82) is 0 Å². The smallest absolute Gasteiger partial charge is 0.310 e. The van der Waals surface area contributed by atoms with Gasteiger partial charge in [0.05, 0.1) is 33.0 Å². The van der Waals surface area contributed by atoms with Crippen LogP contribution in [0.5, 0.6) is 0 Å². The maximum Gasteiger partial charge on any atom is 0.310 e. The van der Waals surface area contributed by atoms with Crippen LogP contribution in [0.25, 0.3) is 0 Å². The van der Waals surface area contributed by atoms with Gasteiger partial charge in [-0.05, 0) is 12.5 Å². The number of carbonyl (C=O) groups excluding carboxylic acids is 3. The normalized spacial score (nSPS) is 10.2. The van der Waals surface area contributed by atoms with E-state index < -0.39 is 23.8 Å². The highest BCUT2D eigenvalue weighted by Crippen LogP contribution is 2.15. The van der Waals surface area contributed by atoms with E-state index in [-0.39, 0.29) is 19.4 Å². The Morgan fingerprint density at radius 1 is 1.05 bits per heavy atom. The summed E-state index contributed by atoms with van der Waals surface area (Å²) in [6.45, 7) is 2.02. The molecule has 0 spiro atoms. The van der Waals surface area contributed by atoms with Crippen molar-refractivity contribution < 1.29 is 28.6 Å². The quantitative estimate of drug-likeness (QED) is 0.564. The Hall–Kier alpha value is -2.37. The average Bonchev–Trinajstić information content (AvgIpc) is 2.51. The number of hydrogen-bond donors (Lipinski definition) is 0. The van der Waals surface area contributed by atoms with Crippen LogP contribution in [0.4, 0.5) is 0 Å². The third-order valence-corrected chi connectivity index (χ3v) is 3.08. The molecule has 6 heteroatoms. The SMILES string of the molecule is COC(=O)CC(CC(=O)OC)C(=O)OCc1cccc(C)c1. The number of rotatable bonds is 7. The van der Waals surface area contributed by atoms with E-state index in [0.29, 0.717) is 0 Å². The van der Waals surface area contributed by atoms with Crippen molar-refractivity contribution in [2.75, 3.05) is 14.2 Å². The Labute approximate surface area is 129 Å². The van der Waals surface area contributed by atoms with Crippen LogP contribution >= 0.6 is 0 Å². The third-order valence-electron chi connectivity index (χ3n) is 3.08. The van der Waals surface area contributed by atoms with Crippen molar-refractivity contribution in [1.82, 2.24) is 0 Å². The Morgan fingerprint density at radius 3 is 2.14 bits per heavy atom. The summed E-state index contributed by atoms with van der Waals surface area (Å²) in [5.74, 6) is -2.70. The van der Waals surface area contributed by atoms with Crippen LogP contribution in [0.1, 0.15) is 24.0 Å². The second-order valence-electron chi connectivity index (χ2n) is 4.85. The molecule has 0 fully saturated rings. The van der Waals surface area contributed by atoms with E-state index in [9.17, 15) is 14.4 Å². The van der Waals surface area contributed by atoms with Crippen molar-refractivity contribution in [3.63, 3.8) is 0 Å². The Bertz CT molecular complexity index is 519. The Morgan fingerprint density at radius 2 is 1.64 bits per heavy atom. The lowest BCUT2D eigenvalue weighted by atomic mass is 10.0. The number of benzene rings is 1. The molecule has 0 atom stereocenters. The van der Waals surface area contributed by atoms with Gasteiger partial charge in [0.15, 0.2) is 0 Å². The van der Waals surface area contributed by atoms with Gasteiger partial charge in [0, 0.05) is 0 Å². The summed E-state index contributed by atoms with van der Waals surface area (Å²) >= 11 is 0. The second-order valence-corrected chi connectivity index (χ2v) is 4.85. The summed E-state index contributed by atoms with van der Waals surface area (Å²) in [6.07, 6.45) is -0.448. The van der Waals surface area contributed by atoms with Gasteiger partial charge in [-0.2, -0.15) is 0 Å². The lowest BCUT2D eigenvalue weighted by Crippen LogP contribution is -2.24. The van der Waals surface area contributed by atoms with Gasteiger partial charge in [0.2, 0.25) is 0 Å². The first kappa shape index (κ1) is 17.7. The molecule has 0 saturated carbocycles. The number of esters is 3. The molecule has 0 aromatic heterocycles. The number of hydrogen-bond acceptors (Lipinski definition) is 6. The maximum absolute atomic E-state index is 12.1. The van der Waals surface area contributed by atoms with Gasteiger partial charge in [-0.1, -0.05) is 29.8 Å². The van der Waals surface area contributed by atoms with Gasteiger partial charge in [0.25, 0.3) is 0 Å². The first-order valence-corrected chi connectivity index (χ1v) is 6.82. The number of methoxy groups -OCH3 is 2. The molecule has 6 nitrogen and oxygen atoms in total. The van der Waals surface area contributed by atoms with E-state index in [0.717, 1.165) is 11.1 Å². The Balaban J connectivity index is 2.65. The van der Waals surface area contributed by atoms with Crippen molar-refractivity contribution in [3.8, 4) is 0 Å². The number of ether oxygens (including phenoxy) is 3. The minimum absolute atomic E-state index is 0.0827. The third kappa shape index (κ3) is 5.95. The topological polar surface area (TPSA) is 78.9 Å². The van der Waals surface area contributed by atoms with E-state index in [2.05, 4.69) is 9.47 Å². The van der Waals surface area contributed by atoms with E-state index in [4.69, 9.17) is 4.74 Å². The molecule has 0 heterocycles. The van der Waals surface area contributed by atoms with Gasteiger partial charge < -0.3 is 14.2 Å². The highest BCUT2D eigenvalue weighted by atomic mass is 16.5.